The number of fused-ring (bicyclic) bond motifs is 1. The number of hydrogen-bond donors (Lipinski definition) is 3. The lowest BCUT2D eigenvalue weighted by Gasteiger charge is -2.18. The monoisotopic (exact) mass is 396 g/mol. The molecule has 3 N–H and O–H groups in total. The van der Waals surface area contributed by atoms with Crippen LogP contribution in [0.4, 0.5) is 0 Å². The molecular weight excluding hydrogens is 387 g/mol. The van der Waals surface area contributed by atoms with Crippen molar-refractivity contribution in [2.24, 2.45) is 0 Å². The molecule has 21 heavy (non-hydrogen) atoms. The number of rotatable bonds is 2. The molecule has 0 radical (unpaired) electrons. The largest absolute Gasteiger partial charge is 0.394 e. The molecule has 2 heterocycles. The Balaban J connectivity index is 2.12. The summed E-state index contributed by atoms with van der Waals surface area (Å²) in [5.74, 6) is 0. The van der Waals surface area contributed by atoms with E-state index in [0.29, 0.717) is 25.8 Å². The number of aliphatic hydroxyl groups excluding tert-OH is 3. The number of aliphatic hydroxyl groups is 3. The van der Waals surface area contributed by atoms with Gasteiger partial charge in [0, 0.05) is 0 Å². The van der Waals surface area contributed by atoms with Gasteiger partial charge in [0.2, 0.25) is 0 Å². The molecule has 1 aliphatic rings. The van der Waals surface area contributed by atoms with Crippen LogP contribution in [-0.4, -0.2) is 49.8 Å². The first kappa shape index (κ1) is 15.5. The Bertz CT molecular complexity index is 695. The van der Waals surface area contributed by atoms with Gasteiger partial charge >= 0.3 is 0 Å². The van der Waals surface area contributed by atoms with Crippen LogP contribution in [0, 0.1) is 0 Å². The van der Waals surface area contributed by atoms with Crippen molar-refractivity contribution in [1.29, 1.82) is 0 Å². The number of nitrogens with zero attached hydrogens (tertiary/aromatic N) is 2. The standard InChI is InChI=1S/C12H11BrCl2N2O4/c13-12-16-6-1-4(14)5(15)2-7(6)17(12)11-10(20)9(19)8(3-18)21-11/h1-2,8-11,18-20H,3H2/t8-,9-,10+,11-/m1/s1. The second kappa shape index (κ2) is 5.66. The van der Waals surface area contributed by atoms with Crippen molar-refractivity contribution in [2.75, 3.05) is 6.61 Å². The number of hydrogen-bond acceptors (Lipinski definition) is 5. The third-order valence-corrected chi connectivity index (χ3v) is 4.74. The minimum Gasteiger partial charge on any atom is -0.394 e. The summed E-state index contributed by atoms with van der Waals surface area (Å²) in [5, 5.41) is 29.8. The molecule has 0 spiro atoms. The summed E-state index contributed by atoms with van der Waals surface area (Å²) in [6, 6.07) is 3.20. The normalized spacial score (nSPS) is 29.4. The van der Waals surface area contributed by atoms with E-state index in [-0.39, 0.29) is 0 Å². The molecule has 0 amide bonds. The first-order valence-electron chi connectivity index (χ1n) is 6.09. The molecule has 9 heteroatoms. The van der Waals surface area contributed by atoms with E-state index >= 15 is 0 Å². The van der Waals surface area contributed by atoms with Crippen molar-refractivity contribution in [2.45, 2.75) is 24.5 Å². The Kier molecular flexibility index (Phi) is 4.17. The van der Waals surface area contributed by atoms with E-state index < -0.39 is 31.1 Å². The highest BCUT2D eigenvalue weighted by molar-refractivity contribution is 9.10. The fourth-order valence-corrected chi connectivity index (χ4v) is 3.30. The van der Waals surface area contributed by atoms with Gasteiger partial charge in [0.15, 0.2) is 11.0 Å². The summed E-state index contributed by atoms with van der Waals surface area (Å²) in [6.45, 7) is -0.397. The van der Waals surface area contributed by atoms with E-state index in [2.05, 4.69) is 20.9 Å². The Morgan fingerprint density at radius 2 is 1.90 bits per heavy atom. The number of imidazole rings is 1. The summed E-state index contributed by atoms with van der Waals surface area (Å²) in [5.41, 5.74) is 1.15. The second-order valence-corrected chi connectivity index (χ2v) is 6.26. The molecule has 4 atom stereocenters. The van der Waals surface area contributed by atoms with Crippen LogP contribution in [0.25, 0.3) is 11.0 Å². The Morgan fingerprint density at radius 3 is 2.52 bits per heavy atom. The maximum Gasteiger partial charge on any atom is 0.180 e. The highest BCUT2D eigenvalue weighted by atomic mass is 79.9. The van der Waals surface area contributed by atoms with Gasteiger partial charge < -0.3 is 20.1 Å². The van der Waals surface area contributed by atoms with Gasteiger partial charge in [-0.15, -0.1) is 0 Å². The molecule has 1 aromatic carbocycles. The molecule has 0 bridgehead atoms. The molecule has 2 aromatic rings. The molecule has 0 aliphatic carbocycles. The average molecular weight is 398 g/mol. The van der Waals surface area contributed by atoms with Crippen LogP contribution in [0.3, 0.4) is 0 Å². The Hall–Kier alpha value is -0.410. The van der Waals surface area contributed by atoms with Gasteiger partial charge in [0.1, 0.15) is 18.3 Å². The summed E-state index contributed by atoms with van der Waals surface area (Å²) >= 11 is 15.3. The third kappa shape index (κ3) is 2.46. The maximum atomic E-state index is 10.1. The highest BCUT2D eigenvalue weighted by Crippen LogP contribution is 2.37. The van der Waals surface area contributed by atoms with E-state index in [0.717, 1.165) is 0 Å². The van der Waals surface area contributed by atoms with Gasteiger partial charge in [-0.05, 0) is 28.1 Å². The van der Waals surface area contributed by atoms with Crippen molar-refractivity contribution in [1.82, 2.24) is 9.55 Å². The minimum absolute atomic E-state index is 0.338. The van der Waals surface area contributed by atoms with E-state index in [1.54, 1.807) is 16.7 Å². The van der Waals surface area contributed by atoms with Gasteiger partial charge in [0.05, 0.1) is 27.7 Å². The summed E-state index contributed by atoms with van der Waals surface area (Å²) < 4.78 is 7.46. The summed E-state index contributed by atoms with van der Waals surface area (Å²) in [7, 11) is 0. The SMILES string of the molecule is OC[C@H]1O[C@@H](n2c(Br)nc3cc(Cl)c(Cl)cc32)[C@@H](O)[C@@H]1O. The predicted octanol–water partition coefficient (Wildman–Crippen LogP) is 1.72. The van der Waals surface area contributed by atoms with Gasteiger partial charge in [-0.2, -0.15) is 0 Å². The molecule has 3 rings (SSSR count). The molecule has 1 saturated heterocycles. The van der Waals surface area contributed by atoms with E-state index in [1.807, 2.05) is 0 Å². The fraction of sp³-hybridized carbons (Fsp3) is 0.417. The molecule has 1 aromatic heterocycles. The average Bonchev–Trinajstić information content (AvgIpc) is 2.89. The smallest absolute Gasteiger partial charge is 0.180 e. The third-order valence-electron chi connectivity index (χ3n) is 3.46. The number of benzene rings is 1. The van der Waals surface area contributed by atoms with Crippen LogP contribution in [0.1, 0.15) is 6.23 Å². The van der Waals surface area contributed by atoms with Crippen LogP contribution < -0.4 is 0 Å². The van der Waals surface area contributed by atoms with Crippen LogP contribution >= 0.6 is 39.1 Å². The number of aromatic nitrogens is 2. The van der Waals surface area contributed by atoms with Crippen molar-refractivity contribution >= 4 is 50.2 Å². The van der Waals surface area contributed by atoms with Crippen molar-refractivity contribution < 1.29 is 20.1 Å². The van der Waals surface area contributed by atoms with E-state index in [4.69, 9.17) is 33.0 Å². The van der Waals surface area contributed by atoms with Crippen molar-refractivity contribution in [3.8, 4) is 0 Å². The zero-order chi connectivity index (χ0) is 15.3. The van der Waals surface area contributed by atoms with Crippen LogP contribution in [-0.2, 0) is 4.74 Å². The lowest BCUT2D eigenvalue weighted by molar-refractivity contribution is -0.0518. The molecule has 114 valence electrons. The minimum atomic E-state index is -1.20. The number of ether oxygens (including phenoxy) is 1. The molecule has 0 unspecified atom stereocenters. The molecule has 6 nitrogen and oxygen atoms in total. The van der Waals surface area contributed by atoms with Gasteiger partial charge in [-0.1, -0.05) is 23.2 Å². The Morgan fingerprint density at radius 1 is 1.24 bits per heavy atom. The van der Waals surface area contributed by atoms with Gasteiger partial charge in [-0.3, -0.25) is 4.57 Å². The summed E-state index contributed by atoms with van der Waals surface area (Å²) in [6.07, 6.45) is -4.15. The zero-order valence-electron chi connectivity index (χ0n) is 10.4. The quantitative estimate of drug-likeness (QED) is 0.718. The van der Waals surface area contributed by atoms with Gasteiger partial charge in [0.25, 0.3) is 0 Å². The fourth-order valence-electron chi connectivity index (χ4n) is 2.40. The maximum absolute atomic E-state index is 10.1. The van der Waals surface area contributed by atoms with Crippen molar-refractivity contribution in [3.63, 3.8) is 0 Å². The second-order valence-electron chi connectivity index (χ2n) is 4.73. The lowest BCUT2D eigenvalue weighted by Crippen LogP contribution is -2.33. The molecular formula is C12H11BrCl2N2O4. The van der Waals surface area contributed by atoms with E-state index in [9.17, 15) is 10.2 Å². The molecule has 0 saturated carbocycles. The topological polar surface area (TPSA) is 87.7 Å². The lowest BCUT2D eigenvalue weighted by atomic mass is 10.1. The van der Waals surface area contributed by atoms with E-state index in [1.165, 1.54) is 0 Å². The zero-order valence-corrected chi connectivity index (χ0v) is 13.5. The predicted molar refractivity (Wildman–Crippen MR) is 80.5 cm³/mol. The molecule has 1 aliphatic heterocycles. The van der Waals surface area contributed by atoms with Crippen LogP contribution in [0.15, 0.2) is 16.9 Å². The molecule has 1 fully saturated rings. The van der Waals surface area contributed by atoms with Gasteiger partial charge in [-0.25, -0.2) is 4.98 Å². The first-order chi connectivity index (χ1) is 9.93. The van der Waals surface area contributed by atoms with Crippen molar-refractivity contribution in [3.05, 3.63) is 26.9 Å². The summed E-state index contributed by atoms with van der Waals surface area (Å²) in [4.78, 5) is 4.27. The van der Waals surface area contributed by atoms with Crippen LogP contribution in [0.2, 0.25) is 10.0 Å². The highest BCUT2D eigenvalue weighted by Gasteiger charge is 2.44. The van der Waals surface area contributed by atoms with Crippen LogP contribution in [0.5, 0.6) is 0 Å². The Labute approximate surface area is 138 Å². The number of halogens is 3. The first-order valence-corrected chi connectivity index (χ1v) is 7.64.